The molecule has 0 bridgehead atoms. The number of hydrogen-bond donors (Lipinski definition) is 2. The van der Waals surface area contributed by atoms with Crippen LogP contribution in [0.25, 0.3) is 0 Å². The summed E-state index contributed by atoms with van der Waals surface area (Å²) in [6.45, 7) is 0.869. The van der Waals surface area contributed by atoms with Crippen molar-refractivity contribution in [3.8, 4) is 0 Å². The van der Waals surface area contributed by atoms with Gasteiger partial charge in [-0.15, -0.1) is 0 Å². The molecule has 2 atom stereocenters. The second-order valence-corrected chi connectivity index (χ2v) is 4.54. The van der Waals surface area contributed by atoms with E-state index in [0.29, 0.717) is 5.02 Å². The molecule has 2 unspecified atom stereocenters. The molecule has 1 heterocycles. The van der Waals surface area contributed by atoms with Crippen molar-refractivity contribution in [2.75, 3.05) is 6.54 Å². The third-order valence-electron chi connectivity index (χ3n) is 3.03. The van der Waals surface area contributed by atoms with Gasteiger partial charge < -0.3 is 10.4 Å². The van der Waals surface area contributed by atoms with Crippen LogP contribution in [0.2, 0.25) is 5.02 Å². The molecule has 0 amide bonds. The Morgan fingerprint density at radius 1 is 1.44 bits per heavy atom. The Morgan fingerprint density at radius 3 is 2.88 bits per heavy atom. The second kappa shape index (κ2) is 5.13. The molecule has 0 radical (unpaired) electrons. The summed E-state index contributed by atoms with van der Waals surface area (Å²) in [6, 6.07) is 4.38. The predicted molar refractivity (Wildman–Crippen MR) is 62.0 cm³/mol. The summed E-state index contributed by atoms with van der Waals surface area (Å²) in [7, 11) is 0. The van der Waals surface area contributed by atoms with Gasteiger partial charge in [0, 0.05) is 16.6 Å². The highest BCUT2D eigenvalue weighted by Gasteiger charge is 2.26. The molecule has 4 heteroatoms. The van der Waals surface area contributed by atoms with Gasteiger partial charge in [0.15, 0.2) is 0 Å². The van der Waals surface area contributed by atoms with Crippen molar-refractivity contribution < 1.29 is 9.50 Å². The third kappa shape index (κ3) is 2.37. The quantitative estimate of drug-likeness (QED) is 0.837. The number of benzene rings is 1. The van der Waals surface area contributed by atoms with Crippen LogP contribution >= 0.6 is 11.6 Å². The number of nitrogens with one attached hydrogen (secondary N) is 1. The molecule has 0 saturated carbocycles. The van der Waals surface area contributed by atoms with E-state index in [0.717, 1.165) is 25.8 Å². The van der Waals surface area contributed by atoms with Crippen LogP contribution in [0.5, 0.6) is 0 Å². The largest absolute Gasteiger partial charge is 0.387 e. The molecule has 1 saturated heterocycles. The van der Waals surface area contributed by atoms with E-state index in [-0.39, 0.29) is 11.6 Å². The lowest BCUT2D eigenvalue weighted by atomic mass is 9.94. The monoisotopic (exact) mass is 243 g/mol. The van der Waals surface area contributed by atoms with Gasteiger partial charge in [0.05, 0.1) is 6.10 Å². The Balaban J connectivity index is 2.22. The molecular weight excluding hydrogens is 229 g/mol. The number of hydrogen-bond acceptors (Lipinski definition) is 2. The average molecular weight is 244 g/mol. The molecule has 0 aliphatic carbocycles. The van der Waals surface area contributed by atoms with E-state index in [4.69, 9.17) is 11.6 Å². The molecule has 1 aromatic carbocycles. The fraction of sp³-hybridized carbons (Fsp3) is 0.500. The Bertz CT molecular complexity index is 346. The summed E-state index contributed by atoms with van der Waals surface area (Å²) in [5.74, 6) is -0.438. The van der Waals surface area contributed by atoms with Crippen LogP contribution in [-0.4, -0.2) is 17.7 Å². The van der Waals surface area contributed by atoms with Gasteiger partial charge in [0.2, 0.25) is 0 Å². The van der Waals surface area contributed by atoms with Gasteiger partial charge in [0.1, 0.15) is 5.82 Å². The van der Waals surface area contributed by atoms with Crippen LogP contribution in [0.4, 0.5) is 4.39 Å². The first-order valence-corrected chi connectivity index (χ1v) is 5.93. The fourth-order valence-electron chi connectivity index (χ4n) is 2.14. The van der Waals surface area contributed by atoms with Crippen molar-refractivity contribution >= 4 is 11.6 Å². The molecule has 0 spiro atoms. The minimum absolute atomic E-state index is 0.0943. The molecule has 88 valence electrons. The number of rotatable bonds is 2. The van der Waals surface area contributed by atoms with Crippen LogP contribution in [0, 0.1) is 5.82 Å². The van der Waals surface area contributed by atoms with E-state index in [2.05, 4.69) is 5.32 Å². The number of aliphatic hydroxyl groups excluding tert-OH is 1. The summed E-state index contributed by atoms with van der Waals surface area (Å²) in [5.41, 5.74) is 0.212. The summed E-state index contributed by atoms with van der Waals surface area (Å²) < 4.78 is 13.6. The number of piperidine rings is 1. The molecule has 1 aliphatic heterocycles. The molecule has 2 N–H and O–H groups in total. The lowest BCUT2D eigenvalue weighted by molar-refractivity contribution is 0.110. The summed E-state index contributed by atoms with van der Waals surface area (Å²) in [4.78, 5) is 0. The van der Waals surface area contributed by atoms with Gasteiger partial charge >= 0.3 is 0 Å². The van der Waals surface area contributed by atoms with Crippen molar-refractivity contribution in [1.82, 2.24) is 5.32 Å². The zero-order valence-corrected chi connectivity index (χ0v) is 9.67. The summed E-state index contributed by atoms with van der Waals surface area (Å²) in [6.07, 6.45) is 2.15. The smallest absolute Gasteiger partial charge is 0.130 e. The van der Waals surface area contributed by atoms with E-state index >= 15 is 0 Å². The highest BCUT2D eigenvalue weighted by atomic mass is 35.5. The Kier molecular flexibility index (Phi) is 3.79. The Hall–Kier alpha value is -0.640. The minimum atomic E-state index is -0.867. The van der Waals surface area contributed by atoms with Crippen molar-refractivity contribution in [1.29, 1.82) is 0 Å². The van der Waals surface area contributed by atoms with E-state index in [1.165, 1.54) is 6.07 Å². The van der Waals surface area contributed by atoms with Gasteiger partial charge in [-0.2, -0.15) is 0 Å². The van der Waals surface area contributed by atoms with Gasteiger partial charge in [-0.25, -0.2) is 4.39 Å². The first-order valence-electron chi connectivity index (χ1n) is 5.55. The third-order valence-corrected chi connectivity index (χ3v) is 3.35. The first kappa shape index (κ1) is 11.8. The molecule has 16 heavy (non-hydrogen) atoms. The van der Waals surface area contributed by atoms with Crippen LogP contribution in [0.3, 0.4) is 0 Å². The standard InChI is InChI=1S/C12H15ClFNO/c13-8-4-3-5-9(14)11(8)12(16)10-6-1-2-7-15-10/h3-5,10,12,15-16H,1-2,6-7H2. The topological polar surface area (TPSA) is 32.3 Å². The highest BCUT2D eigenvalue weighted by Crippen LogP contribution is 2.30. The number of halogens is 2. The van der Waals surface area contributed by atoms with Crippen LogP contribution < -0.4 is 5.32 Å². The fourth-order valence-corrected chi connectivity index (χ4v) is 2.42. The van der Waals surface area contributed by atoms with Gasteiger partial charge in [0.25, 0.3) is 0 Å². The first-order chi connectivity index (χ1) is 7.70. The number of aliphatic hydroxyl groups is 1. The summed E-state index contributed by atoms with van der Waals surface area (Å²) in [5, 5.41) is 13.6. The van der Waals surface area contributed by atoms with E-state index in [9.17, 15) is 9.50 Å². The molecular formula is C12H15ClFNO. The SMILES string of the molecule is OC(c1c(F)cccc1Cl)C1CCCCN1. The molecule has 2 nitrogen and oxygen atoms in total. The molecule has 1 aliphatic rings. The molecule has 2 rings (SSSR count). The predicted octanol–water partition coefficient (Wildman–Crippen LogP) is 2.65. The normalized spacial score (nSPS) is 23.1. The van der Waals surface area contributed by atoms with E-state index in [1.54, 1.807) is 12.1 Å². The maximum Gasteiger partial charge on any atom is 0.130 e. The van der Waals surface area contributed by atoms with E-state index in [1.807, 2.05) is 0 Å². The van der Waals surface area contributed by atoms with Crippen molar-refractivity contribution in [3.05, 3.63) is 34.6 Å². The van der Waals surface area contributed by atoms with Gasteiger partial charge in [-0.05, 0) is 31.5 Å². The molecule has 0 aromatic heterocycles. The Morgan fingerprint density at radius 2 is 2.25 bits per heavy atom. The van der Waals surface area contributed by atoms with Crippen molar-refractivity contribution in [2.45, 2.75) is 31.4 Å². The van der Waals surface area contributed by atoms with Crippen molar-refractivity contribution in [3.63, 3.8) is 0 Å². The zero-order valence-electron chi connectivity index (χ0n) is 8.92. The van der Waals surface area contributed by atoms with Crippen molar-refractivity contribution in [2.24, 2.45) is 0 Å². The molecule has 1 aromatic rings. The minimum Gasteiger partial charge on any atom is -0.387 e. The van der Waals surface area contributed by atoms with Crippen LogP contribution in [-0.2, 0) is 0 Å². The average Bonchev–Trinajstić information content (AvgIpc) is 2.30. The van der Waals surface area contributed by atoms with Crippen LogP contribution in [0.1, 0.15) is 30.9 Å². The zero-order chi connectivity index (χ0) is 11.5. The maximum absolute atomic E-state index is 13.6. The van der Waals surface area contributed by atoms with Gasteiger partial charge in [-0.3, -0.25) is 0 Å². The van der Waals surface area contributed by atoms with Crippen LogP contribution in [0.15, 0.2) is 18.2 Å². The highest BCUT2D eigenvalue weighted by molar-refractivity contribution is 6.31. The van der Waals surface area contributed by atoms with E-state index < -0.39 is 11.9 Å². The second-order valence-electron chi connectivity index (χ2n) is 4.14. The maximum atomic E-state index is 13.6. The lowest BCUT2D eigenvalue weighted by Crippen LogP contribution is -2.39. The van der Waals surface area contributed by atoms with Gasteiger partial charge in [-0.1, -0.05) is 24.1 Å². The molecule has 1 fully saturated rings. The Labute approximate surface area is 99.4 Å². The lowest BCUT2D eigenvalue weighted by Gasteiger charge is -2.28. The summed E-state index contributed by atoms with van der Waals surface area (Å²) >= 11 is 5.92.